The summed E-state index contributed by atoms with van der Waals surface area (Å²) in [5.41, 5.74) is 0. The second kappa shape index (κ2) is 6.68. The van der Waals surface area contributed by atoms with Crippen molar-refractivity contribution in [3.05, 3.63) is 0 Å². The van der Waals surface area contributed by atoms with Crippen molar-refractivity contribution >= 4 is 11.6 Å². The van der Waals surface area contributed by atoms with E-state index in [1.165, 1.54) is 45.1 Å². The van der Waals surface area contributed by atoms with Crippen LogP contribution >= 0.6 is 11.6 Å². The van der Waals surface area contributed by atoms with Gasteiger partial charge in [-0.25, -0.2) is 0 Å². The Morgan fingerprint density at radius 1 is 1.07 bits per heavy atom. The Bertz CT molecular complexity index is 139. The lowest BCUT2D eigenvalue weighted by Crippen LogP contribution is -2.44. The summed E-state index contributed by atoms with van der Waals surface area (Å²) in [5.74, 6) is 0.825. The minimum Gasteiger partial charge on any atom is -0.298 e. The average molecular weight is 218 g/mol. The molecule has 0 radical (unpaired) electrons. The van der Waals surface area contributed by atoms with Crippen LogP contribution in [0.5, 0.6) is 0 Å². The molecule has 1 saturated heterocycles. The Labute approximate surface area is 93.8 Å². The summed E-state index contributed by atoms with van der Waals surface area (Å²) >= 11 is 5.67. The molecule has 0 saturated carbocycles. The third-order valence-electron chi connectivity index (χ3n) is 3.43. The van der Waals surface area contributed by atoms with Crippen LogP contribution in [0.25, 0.3) is 0 Å². The molecule has 0 unspecified atom stereocenters. The standard InChI is InChI=1S/C12H24ClN/c1-11-7-6-8-12(2)14(11)10-5-3-4-9-13/h11-12H,3-10H2,1-2H3/t11-,12+. The van der Waals surface area contributed by atoms with E-state index in [4.69, 9.17) is 11.6 Å². The molecule has 1 aliphatic rings. The zero-order valence-corrected chi connectivity index (χ0v) is 10.4. The molecule has 84 valence electrons. The van der Waals surface area contributed by atoms with E-state index >= 15 is 0 Å². The van der Waals surface area contributed by atoms with Gasteiger partial charge in [-0.2, -0.15) is 0 Å². The van der Waals surface area contributed by atoms with Gasteiger partial charge in [0.25, 0.3) is 0 Å². The first-order valence-electron chi connectivity index (χ1n) is 6.07. The third kappa shape index (κ3) is 3.78. The van der Waals surface area contributed by atoms with E-state index in [-0.39, 0.29) is 0 Å². The maximum atomic E-state index is 5.67. The molecule has 1 aliphatic heterocycles. The maximum Gasteiger partial charge on any atom is 0.0223 e. The largest absolute Gasteiger partial charge is 0.298 e. The molecule has 1 nitrogen and oxygen atoms in total. The van der Waals surface area contributed by atoms with Crippen molar-refractivity contribution in [2.24, 2.45) is 0 Å². The monoisotopic (exact) mass is 217 g/mol. The van der Waals surface area contributed by atoms with E-state index in [9.17, 15) is 0 Å². The lowest BCUT2D eigenvalue weighted by atomic mass is 9.97. The molecule has 0 aromatic heterocycles. The smallest absolute Gasteiger partial charge is 0.0223 e. The van der Waals surface area contributed by atoms with Crippen molar-refractivity contribution in [2.45, 2.75) is 64.5 Å². The van der Waals surface area contributed by atoms with Crippen molar-refractivity contribution in [1.82, 2.24) is 4.90 Å². The lowest BCUT2D eigenvalue weighted by Gasteiger charge is -2.39. The average Bonchev–Trinajstić information content (AvgIpc) is 2.16. The second-order valence-corrected chi connectivity index (χ2v) is 4.99. The normalized spacial score (nSPS) is 29.4. The van der Waals surface area contributed by atoms with Crippen LogP contribution in [0.2, 0.25) is 0 Å². The first-order valence-corrected chi connectivity index (χ1v) is 6.61. The number of piperidine rings is 1. The molecular weight excluding hydrogens is 194 g/mol. The molecule has 0 aliphatic carbocycles. The van der Waals surface area contributed by atoms with Gasteiger partial charge in [0.15, 0.2) is 0 Å². The molecule has 1 heterocycles. The van der Waals surface area contributed by atoms with E-state index in [1.54, 1.807) is 0 Å². The molecular formula is C12H24ClN. The molecule has 2 atom stereocenters. The van der Waals surface area contributed by atoms with Crippen LogP contribution in [0, 0.1) is 0 Å². The Kier molecular flexibility index (Phi) is 5.88. The molecule has 0 spiro atoms. The third-order valence-corrected chi connectivity index (χ3v) is 3.69. The Morgan fingerprint density at radius 2 is 1.71 bits per heavy atom. The van der Waals surface area contributed by atoms with Gasteiger partial charge in [0.2, 0.25) is 0 Å². The van der Waals surface area contributed by atoms with E-state index in [0.717, 1.165) is 18.0 Å². The number of alkyl halides is 1. The fourth-order valence-electron chi connectivity index (χ4n) is 2.48. The van der Waals surface area contributed by atoms with Gasteiger partial charge >= 0.3 is 0 Å². The van der Waals surface area contributed by atoms with Gasteiger partial charge in [-0.05, 0) is 46.1 Å². The maximum absolute atomic E-state index is 5.67. The Hall–Kier alpha value is 0.250. The summed E-state index contributed by atoms with van der Waals surface area (Å²) in [5, 5.41) is 0. The molecule has 14 heavy (non-hydrogen) atoms. The molecule has 2 heteroatoms. The van der Waals surface area contributed by atoms with Crippen LogP contribution in [-0.4, -0.2) is 29.4 Å². The SMILES string of the molecule is C[C@@H]1CCC[C@H](C)N1CCCCCCl. The van der Waals surface area contributed by atoms with Gasteiger partial charge in [-0.1, -0.05) is 12.8 Å². The molecule has 1 rings (SSSR count). The molecule has 1 fully saturated rings. The van der Waals surface area contributed by atoms with Gasteiger partial charge < -0.3 is 0 Å². The zero-order valence-electron chi connectivity index (χ0n) is 9.64. The highest BCUT2D eigenvalue weighted by molar-refractivity contribution is 6.17. The zero-order chi connectivity index (χ0) is 10.4. The van der Waals surface area contributed by atoms with E-state index in [1.807, 2.05) is 0 Å². The van der Waals surface area contributed by atoms with Crippen LogP contribution in [0.4, 0.5) is 0 Å². The van der Waals surface area contributed by atoms with E-state index in [0.29, 0.717) is 0 Å². The number of unbranched alkanes of at least 4 members (excludes halogenated alkanes) is 2. The van der Waals surface area contributed by atoms with Crippen molar-refractivity contribution in [1.29, 1.82) is 0 Å². The topological polar surface area (TPSA) is 3.24 Å². The fourth-order valence-corrected chi connectivity index (χ4v) is 2.67. The summed E-state index contributed by atoms with van der Waals surface area (Å²) in [7, 11) is 0. The Balaban J connectivity index is 2.19. The van der Waals surface area contributed by atoms with Gasteiger partial charge in [0.05, 0.1) is 0 Å². The van der Waals surface area contributed by atoms with E-state index < -0.39 is 0 Å². The van der Waals surface area contributed by atoms with Crippen molar-refractivity contribution in [3.63, 3.8) is 0 Å². The first kappa shape index (κ1) is 12.3. The summed E-state index contributed by atoms with van der Waals surface area (Å²) in [6, 6.07) is 1.60. The summed E-state index contributed by atoms with van der Waals surface area (Å²) in [4.78, 5) is 2.68. The number of likely N-dealkylation sites (tertiary alicyclic amines) is 1. The summed E-state index contributed by atoms with van der Waals surface area (Å²) in [6.45, 7) is 6.02. The fraction of sp³-hybridized carbons (Fsp3) is 1.00. The molecule has 0 aromatic carbocycles. The Morgan fingerprint density at radius 3 is 2.29 bits per heavy atom. The molecule has 0 amide bonds. The lowest BCUT2D eigenvalue weighted by molar-refractivity contribution is 0.101. The number of rotatable bonds is 5. The second-order valence-electron chi connectivity index (χ2n) is 4.62. The van der Waals surface area contributed by atoms with Gasteiger partial charge in [-0.3, -0.25) is 4.90 Å². The van der Waals surface area contributed by atoms with Gasteiger partial charge in [0.1, 0.15) is 0 Å². The predicted octanol–water partition coefficient (Wildman–Crippen LogP) is 3.66. The minimum atomic E-state index is 0.801. The summed E-state index contributed by atoms with van der Waals surface area (Å²) in [6.07, 6.45) is 7.99. The predicted molar refractivity (Wildman–Crippen MR) is 64.1 cm³/mol. The molecule has 0 bridgehead atoms. The van der Waals surface area contributed by atoms with Crippen LogP contribution < -0.4 is 0 Å². The molecule has 0 N–H and O–H groups in total. The highest BCUT2D eigenvalue weighted by Gasteiger charge is 2.23. The van der Waals surface area contributed by atoms with E-state index in [2.05, 4.69) is 18.7 Å². The van der Waals surface area contributed by atoms with Crippen molar-refractivity contribution in [3.8, 4) is 0 Å². The summed E-state index contributed by atoms with van der Waals surface area (Å²) < 4.78 is 0. The minimum absolute atomic E-state index is 0.801. The van der Waals surface area contributed by atoms with Gasteiger partial charge in [-0.15, -0.1) is 11.6 Å². The van der Waals surface area contributed by atoms with Crippen LogP contribution in [0.1, 0.15) is 52.4 Å². The number of hydrogen-bond donors (Lipinski definition) is 0. The van der Waals surface area contributed by atoms with Crippen molar-refractivity contribution in [2.75, 3.05) is 12.4 Å². The van der Waals surface area contributed by atoms with Crippen LogP contribution in [-0.2, 0) is 0 Å². The highest BCUT2D eigenvalue weighted by atomic mass is 35.5. The molecule has 0 aromatic rings. The number of hydrogen-bond acceptors (Lipinski definition) is 1. The van der Waals surface area contributed by atoms with Crippen molar-refractivity contribution < 1.29 is 0 Å². The number of nitrogens with zero attached hydrogens (tertiary/aromatic N) is 1. The number of halogens is 1. The quantitative estimate of drug-likeness (QED) is 0.502. The van der Waals surface area contributed by atoms with Crippen LogP contribution in [0.3, 0.4) is 0 Å². The first-order chi connectivity index (χ1) is 6.75. The van der Waals surface area contributed by atoms with Gasteiger partial charge in [0, 0.05) is 18.0 Å². The van der Waals surface area contributed by atoms with Crippen LogP contribution in [0.15, 0.2) is 0 Å². The highest BCUT2D eigenvalue weighted by Crippen LogP contribution is 2.22.